The van der Waals surface area contributed by atoms with Crippen LogP contribution in [0.4, 0.5) is 0 Å². The summed E-state index contributed by atoms with van der Waals surface area (Å²) in [6, 6.07) is 51.6. The second-order valence-corrected chi connectivity index (χ2v) is 11.0. The van der Waals surface area contributed by atoms with E-state index in [1.165, 1.54) is 43.8 Å². The highest BCUT2D eigenvalue weighted by molar-refractivity contribution is 6.21. The van der Waals surface area contributed by atoms with Crippen molar-refractivity contribution in [2.24, 2.45) is 0 Å². The van der Waals surface area contributed by atoms with Gasteiger partial charge in [0.1, 0.15) is 11.2 Å². The summed E-state index contributed by atoms with van der Waals surface area (Å²) in [6.45, 7) is 0. The van der Waals surface area contributed by atoms with E-state index in [1.54, 1.807) is 0 Å². The lowest BCUT2D eigenvalue weighted by atomic mass is 9.85. The Balaban J connectivity index is 1.36. The Morgan fingerprint density at radius 2 is 0.977 bits per heavy atom. The Morgan fingerprint density at radius 1 is 0.419 bits per heavy atom. The van der Waals surface area contributed by atoms with Crippen molar-refractivity contribution in [3.8, 4) is 33.5 Å². The molecule has 0 aliphatic heterocycles. The molecule has 0 bridgehead atoms. The molecule has 0 atom stereocenters. The molecule has 6 aromatic carbocycles. The molecule has 0 aliphatic rings. The van der Waals surface area contributed by atoms with E-state index in [4.69, 9.17) is 9.97 Å². The second kappa shape index (κ2) is 9.37. The summed E-state index contributed by atoms with van der Waals surface area (Å²) in [5.41, 5.74) is 10.8. The van der Waals surface area contributed by atoms with Crippen molar-refractivity contribution < 1.29 is 0 Å². The lowest BCUT2D eigenvalue weighted by Crippen LogP contribution is -1.93. The molecular weight excluding hydrogens is 522 g/mol. The highest BCUT2D eigenvalue weighted by atomic mass is 15.0. The predicted molar refractivity (Wildman–Crippen MR) is 179 cm³/mol. The first kappa shape index (κ1) is 23.9. The molecule has 0 N–H and O–H groups in total. The zero-order valence-corrected chi connectivity index (χ0v) is 23.3. The molecule has 43 heavy (non-hydrogen) atoms. The van der Waals surface area contributed by atoms with Crippen molar-refractivity contribution in [3.05, 3.63) is 152 Å². The molecule has 3 heterocycles. The standard InChI is InChI=1S/C40H25N3/c1-2-13-26(14-3-1)36-29-17-4-6-19-31(29)37(32-20-7-5-18-30(32)36)27-15-12-16-28(25-27)38-40-39(33-21-8-9-22-34(33)41-38)42-35-23-10-11-24-43(35)40/h1-25H. The average Bonchev–Trinajstić information content (AvgIpc) is 3.47. The summed E-state index contributed by atoms with van der Waals surface area (Å²) in [4.78, 5) is 10.3. The lowest BCUT2D eigenvalue weighted by molar-refractivity contribution is 1.22. The van der Waals surface area contributed by atoms with Gasteiger partial charge in [-0.05, 0) is 68.1 Å². The zero-order chi connectivity index (χ0) is 28.3. The van der Waals surface area contributed by atoms with Gasteiger partial charge >= 0.3 is 0 Å². The van der Waals surface area contributed by atoms with Gasteiger partial charge in [-0.15, -0.1) is 0 Å². The lowest BCUT2D eigenvalue weighted by Gasteiger charge is -2.18. The van der Waals surface area contributed by atoms with Gasteiger partial charge in [0, 0.05) is 17.1 Å². The number of hydrogen-bond donors (Lipinski definition) is 0. The van der Waals surface area contributed by atoms with Crippen molar-refractivity contribution >= 4 is 49.1 Å². The van der Waals surface area contributed by atoms with Gasteiger partial charge in [0.15, 0.2) is 0 Å². The number of pyridine rings is 2. The smallest absolute Gasteiger partial charge is 0.137 e. The molecule has 0 radical (unpaired) electrons. The Labute approximate surface area is 248 Å². The quantitative estimate of drug-likeness (QED) is 0.206. The fourth-order valence-corrected chi connectivity index (χ4v) is 6.73. The highest BCUT2D eigenvalue weighted by Gasteiger charge is 2.19. The Hall–Kier alpha value is -5.80. The van der Waals surface area contributed by atoms with Crippen LogP contribution in [-0.2, 0) is 0 Å². The number of fused-ring (bicyclic) bond motifs is 7. The van der Waals surface area contributed by atoms with Gasteiger partial charge in [0.25, 0.3) is 0 Å². The molecular formula is C40H25N3. The van der Waals surface area contributed by atoms with Crippen LogP contribution in [0.1, 0.15) is 0 Å². The maximum atomic E-state index is 5.25. The molecule has 200 valence electrons. The van der Waals surface area contributed by atoms with Crippen molar-refractivity contribution in [1.29, 1.82) is 0 Å². The van der Waals surface area contributed by atoms with Crippen LogP contribution in [0.5, 0.6) is 0 Å². The number of nitrogens with zero attached hydrogens (tertiary/aromatic N) is 3. The number of rotatable bonds is 3. The summed E-state index contributed by atoms with van der Waals surface area (Å²) in [7, 11) is 0. The third-order valence-electron chi connectivity index (χ3n) is 8.56. The SMILES string of the molecule is c1ccc(-c2c3ccccc3c(-c3cccc(-c4nc5ccccc5c5nc6ccccn6c45)c3)c3ccccc23)cc1. The summed E-state index contributed by atoms with van der Waals surface area (Å²) >= 11 is 0. The van der Waals surface area contributed by atoms with Gasteiger partial charge in [-0.2, -0.15) is 0 Å². The summed E-state index contributed by atoms with van der Waals surface area (Å²) in [5, 5.41) is 6.04. The van der Waals surface area contributed by atoms with Crippen molar-refractivity contribution in [2.75, 3.05) is 0 Å². The Kier molecular flexibility index (Phi) is 5.20. The third kappa shape index (κ3) is 3.62. The van der Waals surface area contributed by atoms with Crippen LogP contribution in [0.3, 0.4) is 0 Å². The molecule has 0 amide bonds. The van der Waals surface area contributed by atoms with Gasteiger partial charge in [0.05, 0.1) is 16.7 Å². The first-order chi connectivity index (χ1) is 21.3. The van der Waals surface area contributed by atoms with E-state index in [1.807, 2.05) is 12.1 Å². The van der Waals surface area contributed by atoms with Crippen molar-refractivity contribution in [2.45, 2.75) is 0 Å². The molecule has 9 rings (SSSR count). The molecule has 0 fully saturated rings. The van der Waals surface area contributed by atoms with Crippen LogP contribution < -0.4 is 0 Å². The minimum Gasteiger partial charge on any atom is -0.298 e. The molecule has 0 unspecified atom stereocenters. The number of imidazole rings is 1. The number of hydrogen-bond acceptors (Lipinski definition) is 2. The van der Waals surface area contributed by atoms with Crippen molar-refractivity contribution in [3.63, 3.8) is 0 Å². The third-order valence-corrected chi connectivity index (χ3v) is 8.56. The van der Waals surface area contributed by atoms with Crippen LogP contribution >= 0.6 is 0 Å². The fraction of sp³-hybridized carbons (Fsp3) is 0. The van der Waals surface area contributed by atoms with Gasteiger partial charge in [-0.1, -0.05) is 121 Å². The first-order valence-electron chi connectivity index (χ1n) is 14.6. The van der Waals surface area contributed by atoms with Gasteiger partial charge in [-0.25, -0.2) is 9.97 Å². The van der Waals surface area contributed by atoms with Crippen LogP contribution in [0.15, 0.2) is 152 Å². The van der Waals surface area contributed by atoms with E-state index in [2.05, 4.69) is 144 Å². The van der Waals surface area contributed by atoms with Crippen molar-refractivity contribution in [1.82, 2.24) is 14.4 Å². The second-order valence-electron chi connectivity index (χ2n) is 11.0. The van der Waals surface area contributed by atoms with Crippen LogP contribution in [-0.4, -0.2) is 14.4 Å². The fourth-order valence-electron chi connectivity index (χ4n) is 6.73. The molecule has 3 nitrogen and oxygen atoms in total. The van der Waals surface area contributed by atoms with Crippen LogP contribution in [0.2, 0.25) is 0 Å². The largest absolute Gasteiger partial charge is 0.298 e. The summed E-state index contributed by atoms with van der Waals surface area (Å²) < 4.78 is 2.16. The molecule has 0 saturated carbocycles. The summed E-state index contributed by atoms with van der Waals surface area (Å²) in [5.74, 6) is 0. The van der Waals surface area contributed by atoms with Crippen LogP contribution in [0.25, 0.3) is 82.6 Å². The average molecular weight is 548 g/mol. The molecule has 0 aliphatic carbocycles. The maximum absolute atomic E-state index is 5.25. The summed E-state index contributed by atoms with van der Waals surface area (Å²) in [6.07, 6.45) is 2.08. The molecule has 3 heteroatoms. The normalized spacial score (nSPS) is 11.7. The molecule has 9 aromatic rings. The van der Waals surface area contributed by atoms with Gasteiger partial charge in [0.2, 0.25) is 0 Å². The van der Waals surface area contributed by atoms with E-state index < -0.39 is 0 Å². The highest BCUT2D eigenvalue weighted by Crippen LogP contribution is 2.44. The Morgan fingerprint density at radius 3 is 1.70 bits per heavy atom. The molecule has 0 saturated heterocycles. The first-order valence-corrected chi connectivity index (χ1v) is 14.6. The monoisotopic (exact) mass is 547 g/mol. The number of aromatic nitrogens is 3. The van der Waals surface area contributed by atoms with E-state index in [-0.39, 0.29) is 0 Å². The van der Waals surface area contributed by atoms with E-state index in [0.717, 1.165) is 38.8 Å². The maximum Gasteiger partial charge on any atom is 0.137 e. The molecule has 0 spiro atoms. The van der Waals surface area contributed by atoms with Gasteiger partial charge in [-0.3, -0.25) is 4.40 Å². The number of benzene rings is 6. The van der Waals surface area contributed by atoms with Gasteiger partial charge < -0.3 is 0 Å². The number of para-hydroxylation sites is 1. The van der Waals surface area contributed by atoms with Crippen LogP contribution in [0, 0.1) is 0 Å². The van der Waals surface area contributed by atoms with E-state index in [0.29, 0.717) is 0 Å². The Bertz CT molecular complexity index is 2450. The minimum absolute atomic E-state index is 0.918. The minimum atomic E-state index is 0.918. The topological polar surface area (TPSA) is 30.2 Å². The van der Waals surface area contributed by atoms with E-state index in [9.17, 15) is 0 Å². The molecule has 3 aromatic heterocycles. The zero-order valence-electron chi connectivity index (χ0n) is 23.3. The van der Waals surface area contributed by atoms with E-state index >= 15 is 0 Å². The predicted octanol–water partition coefficient (Wildman–Crippen LogP) is 10.3.